The Hall–Kier alpha value is -2.58. The summed E-state index contributed by atoms with van der Waals surface area (Å²) in [5, 5.41) is 5.19. The van der Waals surface area contributed by atoms with E-state index in [4.69, 9.17) is 4.74 Å². The van der Waals surface area contributed by atoms with Gasteiger partial charge in [0.1, 0.15) is 11.4 Å². The summed E-state index contributed by atoms with van der Waals surface area (Å²) in [6, 6.07) is 10.2. The normalized spacial score (nSPS) is 14.8. The van der Waals surface area contributed by atoms with Crippen molar-refractivity contribution in [3.05, 3.63) is 47.0 Å². The molecule has 2 aliphatic rings. The Morgan fingerprint density at radius 3 is 2.66 bits per heavy atom. The number of anilines is 1. The summed E-state index contributed by atoms with van der Waals surface area (Å²) in [5.74, 6) is 0.609. The van der Waals surface area contributed by atoms with Gasteiger partial charge in [-0.3, -0.25) is 9.59 Å². The lowest BCUT2D eigenvalue weighted by molar-refractivity contribution is -0.113. The molecule has 2 aromatic heterocycles. The number of alkyl halides is 1. The Morgan fingerprint density at radius 1 is 1.16 bits per heavy atom. The van der Waals surface area contributed by atoms with E-state index in [0.717, 1.165) is 71.9 Å². The van der Waals surface area contributed by atoms with Crippen LogP contribution in [0.5, 0.6) is 5.75 Å². The third kappa shape index (κ3) is 3.65. The highest BCUT2D eigenvalue weighted by Gasteiger charge is 2.30. The van der Waals surface area contributed by atoms with E-state index in [1.165, 1.54) is 0 Å². The summed E-state index contributed by atoms with van der Waals surface area (Å²) < 4.78 is 7.73. The van der Waals surface area contributed by atoms with Crippen molar-refractivity contribution >= 4 is 44.8 Å². The number of carbonyl (C=O) groups excluding carboxylic acids is 2. The largest absolute Gasteiger partial charge is 0.495 e. The van der Waals surface area contributed by atoms with Gasteiger partial charge in [0.2, 0.25) is 5.91 Å². The number of amides is 2. The first-order valence-corrected chi connectivity index (χ1v) is 12.7. The van der Waals surface area contributed by atoms with E-state index in [1.807, 2.05) is 23.1 Å². The Bertz CT molecular complexity index is 1180. The number of benzene rings is 1. The van der Waals surface area contributed by atoms with E-state index in [-0.39, 0.29) is 17.1 Å². The van der Waals surface area contributed by atoms with Crippen LogP contribution in [0.3, 0.4) is 0 Å². The monoisotopic (exact) mass is 513 g/mol. The summed E-state index contributed by atoms with van der Waals surface area (Å²) in [6.45, 7) is 2.38. The van der Waals surface area contributed by atoms with Crippen LogP contribution in [0.25, 0.3) is 21.7 Å². The number of hydrogen-bond acceptors (Lipinski definition) is 4. The van der Waals surface area contributed by atoms with Gasteiger partial charge in [-0.1, -0.05) is 22.0 Å². The highest BCUT2D eigenvalue weighted by atomic mass is 79.9. The smallest absolute Gasteiger partial charge is 0.270 e. The molecular weight excluding hydrogens is 490 g/mol. The molecule has 1 fully saturated rings. The minimum Gasteiger partial charge on any atom is -0.495 e. The molecule has 1 N–H and O–H groups in total. The number of halogens is 1. The molecule has 0 radical (unpaired) electrons. The van der Waals surface area contributed by atoms with Gasteiger partial charge in [0.25, 0.3) is 5.91 Å². The van der Waals surface area contributed by atoms with Crippen LogP contribution in [-0.4, -0.2) is 46.8 Å². The number of carbonyl (C=O) groups is 2. The maximum atomic E-state index is 13.4. The van der Waals surface area contributed by atoms with E-state index in [0.29, 0.717) is 11.4 Å². The predicted molar refractivity (Wildman–Crippen MR) is 131 cm³/mol. The Balaban J connectivity index is 1.69. The van der Waals surface area contributed by atoms with Crippen molar-refractivity contribution in [2.45, 2.75) is 25.8 Å². The number of nitrogens with one attached hydrogen (secondary N) is 1. The number of fused-ring (bicyclic) bond motifs is 3. The maximum absolute atomic E-state index is 13.4. The lowest BCUT2D eigenvalue weighted by Gasteiger charge is -2.25. The van der Waals surface area contributed by atoms with Crippen LogP contribution in [0.4, 0.5) is 5.69 Å². The van der Waals surface area contributed by atoms with Gasteiger partial charge in [-0.2, -0.15) is 0 Å². The number of methoxy groups -OCH3 is 1. The fourth-order valence-electron chi connectivity index (χ4n) is 4.68. The van der Waals surface area contributed by atoms with Gasteiger partial charge in [-0.05, 0) is 54.5 Å². The first-order chi connectivity index (χ1) is 15.6. The van der Waals surface area contributed by atoms with E-state index >= 15 is 0 Å². The molecule has 1 saturated heterocycles. The van der Waals surface area contributed by atoms with Crippen molar-refractivity contribution in [3.8, 4) is 27.4 Å². The lowest BCUT2D eigenvalue weighted by Crippen LogP contribution is -2.30. The lowest BCUT2D eigenvalue weighted by atomic mass is 9.94. The van der Waals surface area contributed by atoms with Crippen LogP contribution in [0.2, 0.25) is 0 Å². The van der Waals surface area contributed by atoms with Crippen LogP contribution in [0.15, 0.2) is 35.7 Å². The molecule has 2 aliphatic heterocycles. The van der Waals surface area contributed by atoms with Crippen LogP contribution in [0.1, 0.15) is 28.9 Å². The minimum atomic E-state index is -0.141. The van der Waals surface area contributed by atoms with Gasteiger partial charge in [0.05, 0.1) is 23.8 Å². The van der Waals surface area contributed by atoms with Crippen LogP contribution >= 0.6 is 27.3 Å². The summed E-state index contributed by atoms with van der Waals surface area (Å²) in [5.41, 5.74) is 5.67. The van der Waals surface area contributed by atoms with Crippen LogP contribution < -0.4 is 10.1 Å². The van der Waals surface area contributed by atoms with Gasteiger partial charge >= 0.3 is 0 Å². The number of ether oxygens (including phenoxy) is 1. The number of rotatable bonds is 5. The predicted octanol–water partition coefficient (Wildman–Crippen LogP) is 5.02. The maximum Gasteiger partial charge on any atom is 0.270 e. The molecule has 32 heavy (non-hydrogen) atoms. The van der Waals surface area contributed by atoms with Gasteiger partial charge < -0.3 is 19.5 Å². The van der Waals surface area contributed by atoms with Crippen molar-refractivity contribution in [1.29, 1.82) is 0 Å². The summed E-state index contributed by atoms with van der Waals surface area (Å²) in [7, 11) is 1.61. The third-order valence-corrected chi connectivity index (χ3v) is 7.59. The molecule has 0 unspecified atom stereocenters. The van der Waals surface area contributed by atoms with Crippen LogP contribution in [-0.2, 0) is 17.8 Å². The number of aromatic nitrogens is 1. The van der Waals surface area contributed by atoms with Gasteiger partial charge in [0.15, 0.2) is 0 Å². The second kappa shape index (κ2) is 8.75. The van der Waals surface area contributed by atoms with Crippen molar-refractivity contribution in [3.63, 3.8) is 0 Å². The SMILES string of the molecule is COc1cc2c(cc1NC(=O)CBr)-c1c(-c3cccs3)cc(C(=O)N3CCCC3)n1CC2. The Labute approximate surface area is 199 Å². The van der Waals surface area contributed by atoms with Crippen molar-refractivity contribution in [2.24, 2.45) is 0 Å². The fraction of sp³-hybridized carbons (Fsp3) is 0.333. The zero-order chi connectivity index (χ0) is 22.2. The number of nitrogens with zero attached hydrogens (tertiary/aromatic N) is 2. The quantitative estimate of drug-likeness (QED) is 0.487. The molecule has 166 valence electrons. The third-order valence-electron chi connectivity index (χ3n) is 6.18. The summed E-state index contributed by atoms with van der Waals surface area (Å²) >= 11 is 4.88. The highest BCUT2D eigenvalue weighted by molar-refractivity contribution is 9.09. The summed E-state index contributed by atoms with van der Waals surface area (Å²) in [6.07, 6.45) is 2.93. The molecule has 0 aliphatic carbocycles. The van der Waals surface area contributed by atoms with Crippen molar-refractivity contribution < 1.29 is 14.3 Å². The fourth-order valence-corrected chi connectivity index (χ4v) is 5.57. The molecular formula is C24H24BrN3O3S. The first-order valence-electron chi connectivity index (χ1n) is 10.7. The zero-order valence-corrected chi connectivity index (χ0v) is 20.2. The molecule has 8 heteroatoms. The molecule has 1 aromatic carbocycles. The topological polar surface area (TPSA) is 63.6 Å². The molecule has 6 nitrogen and oxygen atoms in total. The molecule has 3 aromatic rings. The summed E-state index contributed by atoms with van der Waals surface area (Å²) in [4.78, 5) is 28.6. The molecule has 2 amide bonds. The Kier molecular flexibility index (Phi) is 5.82. The van der Waals surface area contributed by atoms with Crippen LogP contribution in [0, 0.1) is 0 Å². The highest BCUT2D eigenvalue weighted by Crippen LogP contribution is 2.44. The molecule has 0 saturated carbocycles. The number of thiophene rings is 1. The van der Waals surface area contributed by atoms with Crippen molar-refractivity contribution in [2.75, 3.05) is 30.8 Å². The standard InChI is InChI=1S/C24H24BrN3O3S/c1-31-20-11-15-6-9-28-19(24(30)27-7-2-3-8-27)13-17(21-5-4-10-32-21)23(28)16(15)12-18(20)26-22(29)14-25/h4-5,10-13H,2-3,6-9,14H2,1H3,(H,26,29). The number of hydrogen-bond donors (Lipinski definition) is 1. The van der Waals surface area contributed by atoms with Gasteiger partial charge in [-0.25, -0.2) is 0 Å². The zero-order valence-electron chi connectivity index (χ0n) is 17.8. The molecule has 5 rings (SSSR count). The van der Waals surface area contributed by atoms with E-state index in [9.17, 15) is 9.59 Å². The average Bonchev–Trinajstić information content (AvgIpc) is 3.58. The molecule has 0 bridgehead atoms. The van der Waals surface area contributed by atoms with Crippen molar-refractivity contribution in [1.82, 2.24) is 9.47 Å². The van der Waals surface area contributed by atoms with Gasteiger partial charge in [0, 0.05) is 35.6 Å². The van der Waals surface area contributed by atoms with E-state index in [2.05, 4.69) is 43.3 Å². The second-order valence-electron chi connectivity index (χ2n) is 8.06. The van der Waals surface area contributed by atoms with E-state index in [1.54, 1.807) is 18.4 Å². The first kappa shape index (κ1) is 21.3. The Morgan fingerprint density at radius 2 is 1.97 bits per heavy atom. The van der Waals surface area contributed by atoms with Gasteiger partial charge in [-0.15, -0.1) is 11.3 Å². The minimum absolute atomic E-state index is 0.108. The second-order valence-corrected chi connectivity index (χ2v) is 9.57. The van der Waals surface area contributed by atoms with E-state index < -0.39 is 0 Å². The average molecular weight is 514 g/mol. The molecule has 0 atom stereocenters. The molecule has 0 spiro atoms. The molecule has 4 heterocycles. The number of likely N-dealkylation sites (tertiary alicyclic amines) is 1. The number of aryl methyl sites for hydroxylation is 1.